The molecule has 4 aromatic rings. The molecule has 0 bridgehead atoms. The third-order valence-electron chi connectivity index (χ3n) is 10.1. The average molecular weight is 795 g/mol. The predicted molar refractivity (Wildman–Crippen MR) is 205 cm³/mol. The van der Waals surface area contributed by atoms with Crippen LogP contribution in [-0.4, -0.2) is 64.1 Å². The normalized spacial score (nSPS) is 19.2. The lowest BCUT2D eigenvalue weighted by molar-refractivity contribution is -0.133. The van der Waals surface area contributed by atoms with E-state index in [1.54, 1.807) is 0 Å². The highest BCUT2D eigenvalue weighted by Crippen LogP contribution is 2.62. The third kappa shape index (κ3) is 6.65. The summed E-state index contributed by atoms with van der Waals surface area (Å²) in [4.78, 5) is 67.5. The van der Waals surface area contributed by atoms with Gasteiger partial charge in [-0.1, -0.05) is 62.7 Å². The van der Waals surface area contributed by atoms with Crippen molar-refractivity contribution >= 4 is 51.4 Å². The standard InChI is InChI=1S/C33H27ClN2O13.C7H16/c1-11(37)47-27-17-15(9-14-18(27)32(40)36(3)33(44-6)22(14)35-41)24(42-4)29-20-19(17)28(48-12(2)38)21-23(39)13-7-8-16(34)26(43-5)25(13)49-31(21)30(20)46-10-45-29;1-3-5-7-6-4-2/h7-9,22,24,29,33H,10H2,1-6H3;3-7H2,1-2H3. The van der Waals surface area contributed by atoms with E-state index in [1.807, 2.05) is 0 Å². The number of amides is 1. The first kappa shape index (κ1) is 40.6. The number of esters is 2. The Balaban J connectivity index is 0.000000695. The molecule has 1 aromatic heterocycles. The van der Waals surface area contributed by atoms with Gasteiger partial charge in [-0.05, 0) is 23.8 Å². The SMILES string of the molecule is CCCCCCC.COc1c(Cl)ccc2c(=O)c3c(OC(C)=O)c4c5c(c3oc12)OCOC5C(OC)c1cc2c(c(OC(C)=O)c1-4)C(=O)N(C)C(OC)C2N=O. The largest absolute Gasteiger partial charge is 0.491 e. The van der Waals surface area contributed by atoms with Gasteiger partial charge in [0.1, 0.15) is 17.6 Å². The van der Waals surface area contributed by atoms with Crippen LogP contribution in [0, 0.1) is 4.91 Å². The highest BCUT2D eigenvalue weighted by molar-refractivity contribution is 6.33. The number of carbonyl (C=O) groups is 3. The van der Waals surface area contributed by atoms with Crippen LogP contribution in [0.2, 0.25) is 5.02 Å². The van der Waals surface area contributed by atoms with Gasteiger partial charge in [0.05, 0.1) is 23.1 Å². The number of carbonyl (C=O) groups excluding carboxylic acids is 3. The zero-order chi connectivity index (χ0) is 40.6. The number of likely N-dealkylation sites (N-methyl/N-ethyl adjacent to an activating group) is 1. The highest BCUT2D eigenvalue weighted by Gasteiger charge is 2.50. The molecule has 298 valence electrons. The number of benzene rings is 3. The Morgan fingerprint density at radius 2 is 1.57 bits per heavy atom. The molecule has 0 N–H and O–H groups in total. The zero-order valence-electron chi connectivity index (χ0n) is 32.4. The van der Waals surface area contributed by atoms with E-state index in [0.717, 1.165) is 18.7 Å². The van der Waals surface area contributed by atoms with Crippen molar-refractivity contribution in [1.29, 1.82) is 0 Å². The van der Waals surface area contributed by atoms with Gasteiger partial charge in [0, 0.05) is 57.4 Å². The van der Waals surface area contributed by atoms with Crippen molar-refractivity contribution in [3.05, 3.63) is 60.6 Å². The lowest BCUT2D eigenvalue weighted by atomic mass is 9.75. The van der Waals surface area contributed by atoms with Gasteiger partial charge in [-0.3, -0.25) is 19.2 Å². The molecule has 0 spiro atoms. The number of hydrogen-bond acceptors (Lipinski definition) is 14. The first-order valence-electron chi connectivity index (χ1n) is 18.2. The minimum atomic E-state index is -1.25. The molecular formula is C40H43ClN2O13. The number of rotatable bonds is 10. The molecule has 15 nitrogen and oxygen atoms in total. The van der Waals surface area contributed by atoms with Crippen LogP contribution in [0.3, 0.4) is 0 Å². The molecule has 0 radical (unpaired) electrons. The van der Waals surface area contributed by atoms with Gasteiger partial charge in [-0.25, -0.2) is 0 Å². The van der Waals surface area contributed by atoms with E-state index in [9.17, 15) is 24.1 Å². The van der Waals surface area contributed by atoms with Crippen LogP contribution in [0.1, 0.15) is 105 Å². The minimum Gasteiger partial charge on any atom is -0.491 e. The van der Waals surface area contributed by atoms with Gasteiger partial charge < -0.3 is 42.5 Å². The van der Waals surface area contributed by atoms with E-state index in [1.165, 1.54) is 78.7 Å². The summed E-state index contributed by atoms with van der Waals surface area (Å²) in [5, 5.41) is 3.27. The van der Waals surface area contributed by atoms with E-state index in [4.69, 9.17) is 49.2 Å². The Morgan fingerprint density at radius 3 is 2.16 bits per heavy atom. The quantitative estimate of drug-likeness (QED) is 0.0495. The smallest absolute Gasteiger partial charge is 0.308 e. The number of unbranched alkanes of at least 4 members (excludes halogenated alkanes) is 4. The molecule has 4 unspecified atom stereocenters. The molecule has 0 fully saturated rings. The van der Waals surface area contributed by atoms with E-state index >= 15 is 0 Å². The van der Waals surface area contributed by atoms with Crippen molar-refractivity contribution in [2.45, 2.75) is 84.3 Å². The lowest BCUT2D eigenvalue weighted by Crippen LogP contribution is -2.46. The summed E-state index contributed by atoms with van der Waals surface area (Å²) >= 11 is 6.37. The van der Waals surface area contributed by atoms with Gasteiger partial charge in [0.25, 0.3) is 5.91 Å². The van der Waals surface area contributed by atoms with Crippen molar-refractivity contribution < 1.29 is 52.0 Å². The molecule has 1 aliphatic carbocycles. The summed E-state index contributed by atoms with van der Waals surface area (Å²) in [6.45, 7) is 6.44. The minimum absolute atomic E-state index is 0.00651. The topological polar surface area (TPSA) is 179 Å². The maximum atomic E-state index is 14.4. The van der Waals surface area contributed by atoms with E-state index < -0.39 is 47.8 Å². The number of nitrogens with zero attached hydrogens (tertiary/aromatic N) is 2. The molecule has 3 aliphatic rings. The summed E-state index contributed by atoms with van der Waals surface area (Å²) in [6.07, 6.45) is 3.93. The monoisotopic (exact) mass is 794 g/mol. The maximum absolute atomic E-state index is 14.4. The molecule has 1 amide bonds. The number of methoxy groups -OCH3 is 3. The Morgan fingerprint density at radius 1 is 0.893 bits per heavy atom. The fourth-order valence-corrected chi connectivity index (χ4v) is 7.90. The van der Waals surface area contributed by atoms with Gasteiger partial charge in [-0.15, -0.1) is 4.91 Å². The van der Waals surface area contributed by atoms with Crippen molar-refractivity contribution in [1.82, 2.24) is 4.90 Å². The summed E-state index contributed by atoms with van der Waals surface area (Å²) in [5.74, 6) is -2.76. The number of halogens is 1. The molecule has 3 heterocycles. The fourth-order valence-electron chi connectivity index (χ4n) is 7.67. The molecule has 3 aromatic carbocycles. The summed E-state index contributed by atoms with van der Waals surface area (Å²) in [7, 11) is 5.50. The Hall–Kier alpha value is -5.09. The highest BCUT2D eigenvalue weighted by atomic mass is 35.5. The Bertz CT molecular complexity index is 2300. The van der Waals surface area contributed by atoms with E-state index in [0.29, 0.717) is 0 Å². The maximum Gasteiger partial charge on any atom is 0.308 e. The van der Waals surface area contributed by atoms with Gasteiger partial charge in [0.2, 0.25) is 5.43 Å². The first-order chi connectivity index (χ1) is 26.9. The number of fused-ring (bicyclic) bond motifs is 6. The van der Waals surface area contributed by atoms with Gasteiger partial charge in [-0.2, -0.15) is 0 Å². The van der Waals surface area contributed by atoms with Crippen LogP contribution < -0.4 is 24.4 Å². The Kier molecular flexibility index (Phi) is 12.0. The summed E-state index contributed by atoms with van der Waals surface area (Å²) in [5.41, 5.74) is -0.247. The van der Waals surface area contributed by atoms with Crippen LogP contribution >= 0.6 is 11.6 Å². The van der Waals surface area contributed by atoms with Crippen LogP contribution in [0.4, 0.5) is 0 Å². The van der Waals surface area contributed by atoms with Gasteiger partial charge >= 0.3 is 11.9 Å². The fraction of sp³-hybridized carbons (Fsp3) is 0.450. The van der Waals surface area contributed by atoms with Crippen molar-refractivity contribution in [2.75, 3.05) is 35.2 Å². The van der Waals surface area contributed by atoms with Crippen molar-refractivity contribution in [3.63, 3.8) is 0 Å². The molecule has 16 heteroatoms. The Labute approximate surface area is 327 Å². The van der Waals surface area contributed by atoms with E-state index in [2.05, 4.69) is 19.0 Å². The van der Waals surface area contributed by atoms with Crippen molar-refractivity contribution in [3.8, 4) is 34.1 Å². The first-order valence-corrected chi connectivity index (χ1v) is 18.6. The summed E-state index contributed by atoms with van der Waals surface area (Å²) < 4.78 is 47.0. The molecule has 0 saturated carbocycles. The number of hydrogen-bond donors (Lipinski definition) is 0. The second-order valence-electron chi connectivity index (χ2n) is 13.5. The average Bonchev–Trinajstić information content (AvgIpc) is 3.17. The van der Waals surface area contributed by atoms with Crippen LogP contribution in [0.15, 0.2) is 32.6 Å². The van der Waals surface area contributed by atoms with E-state index in [-0.39, 0.29) is 90.1 Å². The molecule has 0 saturated heterocycles. The molecule has 7 rings (SSSR count). The molecule has 2 aliphatic heterocycles. The van der Waals surface area contributed by atoms with Crippen LogP contribution in [0.25, 0.3) is 33.1 Å². The van der Waals surface area contributed by atoms with Crippen LogP contribution in [0.5, 0.6) is 23.0 Å². The molecule has 56 heavy (non-hydrogen) atoms. The third-order valence-corrected chi connectivity index (χ3v) is 10.4. The summed E-state index contributed by atoms with van der Waals surface area (Å²) in [6, 6.07) is 3.16. The molecular weight excluding hydrogens is 752 g/mol. The second-order valence-corrected chi connectivity index (χ2v) is 13.9. The van der Waals surface area contributed by atoms with Gasteiger partial charge in [0.15, 0.2) is 53.2 Å². The second kappa shape index (κ2) is 16.6. The number of ether oxygens (including phenoxy) is 7. The number of nitroso groups, excluding NO2 is 1. The zero-order valence-corrected chi connectivity index (χ0v) is 33.1. The molecule has 4 atom stereocenters. The predicted octanol–water partition coefficient (Wildman–Crippen LogP) is 8.08. The van der Waals surface area contributed by atoms with Crippen LogP contribution in [-0.2, 0) is 23.8 Å². The lowest BCUT2D eigenvalue weighted by Gasteiger charge is -2.41. The van der Waals surface area contributed by atoms with Crippen molar-refractivity contribution in [2.24, 2.45) is 5.18 Å².